The van der Waals surface area contributed by atoms with E-state index in [9.17, 15) is 4.79 Å². The average Bonchev–Trinajstić information content (AvgIpc) is 2.21. The van der Waals surface area contributed by atoms with Gasteiger partial charge in [-0.05, 0) is 19.1 Å². The molecule has 1 rings (SSSR count). The summed E-state index contributed by atoms with van der Waals surface area (Å²) in [6.07, 6.45) is 0.432. The van der Waals surface area contributed by atoms with Crippen LogP contribution in [0.4, 0.5) is 5.69 Å². The molecular formula is C11H15ClN2O. The van der Waals surface area contributed by atoms with Crippen LogP contribution < -0.4 is 10.6 Å². The molecule has 0 bridgehead atoms. The lowest BCUT2D eigenvalue weighted by Gasteiger charge is -2.15. The molecule has 1 unspecified atom stereocenters. The van der Waals surface area contributed by atoms with Gasteiger partial charge < -0.3 is 10.6 Å². The van der Waals surface area contributed by atoms with Crippen molar-refractivity contribution in [1.82, 2.24) is 5.32 Å². The van der Waals surface area contributed by atoms with Crippen LogP contribution in [-0.4, -0.2) is 19.0 Å². The molecule has 1 aromatic carbocycles. The first-order valence-electron chi connectivity index (χ1n) is 4.85. The Kier molecular flexibility index (Phi) is 4.43. The molecule has 0 saturated carbocycles. The lowest BCUT2D eigenvalue weighted by molar-refractivity contribution is -0.120. The summed E-state index contributed by atoms with van der Waals surface area (Å²) in [6, 6.07) is 7.54. The summed E-state index contributed by atoms with van der Waals surface area (Å²) in [4.78, 5) is 11.1. The zero-order valence-electron chi connectivity index (χ0n) is 8.88. The molecule has 1 aromatic rings. The van der Waals surface area contributed by atoms with Crippen molar-refractivity contribution in [1.29, 1.82) is 0 Å². The zero-order chi connectivity index (χ0) is 11.3. The third-order valence-corrected chi connectivity index (χ3v) is 2.38. The summed E-state index contributed by atoms with van der Waals surface area (Å²) in [5.41, 5.74) is 0.857. The second kappa shape index (κ2) is 5.61. The van der Waals surface area contributed by atoms with E-state index in [1.807, 2.05) is 31.2 Å². The monoisotopic (exact) mass is 226 g/mol. The molecular weight excluding hydrogens is 212 g/mol. The highest BCUT2D eigenvalue weighted by Crippen LogP contribution is 2.21. The quantitative estimate of drug-likeness (QED) is 0.827. The maximum atomic E-state index is 11.1. The number of hydrogen-bond acceptors (Lipinski definition) is 2. The summed E-state index contributed by atoms with van der Waals surface area (Å²) in [5.74, 6) is 0.0158. The third kappa shape index (κ3) is 3.80. The number of hydrogen-bond donors (Lipinski definition) is 2. The summed E-state index contributed by atoms with van der Waals surface area (Å²) in [5, 5.41) is 6.43. The van der Waals surface area contributed by atoms with Crippen molar-refractivity contribution >= 4 is 23.2 Å². The standard InChI is InChI=1S/C11H15ClN2O/c1-8(7-11(15)13-2)14-10-6-4-3-5-9(10)12/h3-6,8,14H,7H2,1-2H3,(H,13,15). The number of nitrogens with one attached hydrogen (secondary N) is 2. The molecule has 0 radical (unpaired) electrons. The number of anilines is 1. The average molecular weight is 227 g/mol. The highest BCUT2D eigenvalue weighted by atomic mass is 35.5. The van der Waals surface area contributed by atoms with E-state index in [-0.39, 0.29) is 11.9 Å². The summed E-state index contributed by atoms with van der Waals surface area (Å²) in [7, 11) is 1.63. The number of rotatable bonds is 4. The minimum Gasteiger partial charge on any atom is -0.381 e. The van der Waals surface area contributed by atoms with Gasteiger partial charge in [0.25, 0.3) is 0 Å². The lowest BCUT2D eigenvalue weighted by Crippen LogP contribution is -2.26. The Labute approximate surface area is 94.8 Å². The van der Waals surface area contributed by atoms with Gasteiger partial charge in [-0.2, -0.15) is 0 Å². The second-order valence-corrected chi connectivity index (χ2v) is 3.81. The van der Waals surface area contributed by atoms with E-state index in [1.165, 1.54) is 0 Å². The van der Waals surface area contributed by atoms with Gasteiger partial charge in [-0.15, -0.1) is 0 Å². The predicted molar refractivity (Wildman–Crippen MR) is 63.2 cm³/mol. The van der Waals surface area contributed by atoms with Crippen molar-refractivity contribution in [3.63, 3.8) is 0 Å². The zero-order valence-corrected chi connectivity index (χ0v) is 9.64. The van der Waals surface area contributed by atoms with Crippen LogP contribution in [0.15, 0.2) is 24.3 Å². The van der Waals surface area contributed by atoms with Crippen molar-refractivity contribution in [2.75, 3.05) is 12.4 Å². The molecule has 82 valence electrons. The van der Waals surface area contributed by atoms with Crippen LogP contribution in [0.1, 0.15) is 13.3 Å². The molecule has 15 heavy (non-hydrogen) atoms. The number of carbonyl (C=O) groups excluding carboxylic acids is 1. The van der Waals surface area contributed by atoms with E-state index in [1.54, 1.807) is 7.05 Å². The number of amides is 1. The maximum absolute atomic E-state index is 11.1. The molecule has 4 heteroatoms. The summed E-state index contributed by atoms with van der Waals surface area (Å²) >= 11 is 5.98. The SMILES string of the molecule is CNC(=O)CC(C)Nc1ccccc1Cl. The largest absolute Gasteiger partial charge is 0.381 e. The van der Waals surface area contributed by atoms with Crippen LogP contribution in [0.25, 0.3) is 0 Å². The third-order valence-electron chi connectivity index (χ3n) is 2.05. The highest BCUT2D eigenvalue weighted by molar-refractivity contribution is 6.33. The van der Waals surface area contributed by atoms with E-state index in [2.05, 4.69) is 10.6 Å². The van der Waals surface area contributed by atoms with E-state index in [4.69, 9.17) is 11.6 Å². The van der Waals surface area contributed by atoms with Gasteiger partial charge in [0.15, 0.2) is 0 Å². The van der Waals surface area contributed by atoms with E-state index < -0.39 is 0 Å². The Morgan fingerprint density at radius 1 is 1.47 bits per heavy atom. The topological polar surface area (TPSA) is 41.1 Å². The summed E-state index contributed by atoms with van der Waals surface area (Å²) < 4.78 is 0. The van der Waals surface area contributed by atoms with Gasteiger partial charge in [0, 0.05) is 19.5 Å². The van der Waals surface area contributed by atoms with Gasteiger partial charge in [-0.25, -0.2) is 0 Å². The van der Waals surface area contributed by atoms with Crippen LogP contribution in [0.2, 0.25) is 5.02 Å². The Morgan fingerprint density at radius 3 is 2.73 bits per heavy atom. The molecule has 3 nitrogen and oxygen atoms in total. The Balaban J connectivity index is 2.55. The van der Waals surface area contributed by atoms with Crippen LogP contribution in [0, 0.1) is 0 Å². The number of carbonyl (C=O) groups is 1. The number of halogens is 1. The van der Waals surface area contributed by atoms with Crippen molar-refractivity contribution in [3.05, 3.63) is 29.3 Å². The van der Waals surface area contributed by atoms with Gasteiger partial charge in [0.05, 0.1) is 10.7 Å². The minimum absolute atomic E-state index is 0.0158. The number of para-hydroxylation sites is 1. The van der Waals surface area contributed by atoms with Crippen molar-refractivity contribution in [2.45, 2.75) is 19.4 Å². The van der Waals surface area contributed by atoms with Crippen LogP contribution in [-0.2, 0) is 4.79 Å². The highest BCUT2D eigenvalue weighted by Gasteiger charge is 2.08. The molecule has 0 aliphatic heterocycles. The van der Waals surface area contributed by atoms with Crippen LogP contribution >= 0.6 is 11.6 Å². The minimum atomic E-state index is 0.0158. The van der Waals surface area contributed by atoms with Crippen LogP contribution in [0.5, 0.6) is 0 Å². The van der Waals surface area contributed by atoms with Gasteiger partial charge in [-0.1, -0.05) is 23.7 Å². The number of benzene rings is 1. The molecule has 0 spiro atoms. The van der Waals surface area contributed by atoms with Gasteiger partial charge >= 0.3 is 0 Å². The first kappa shape index (κ1) is 11.9. The van der Waals surface area contributed by atoms with E-state index in [0.717, 1.165) is 5.69 Å². The van der Waals surface area contributed by atoms with Crippen molar-refractivity contribution < 1.29 is 4.79 Å². The molecule has 2 N–H and O–H groups in total. The molecule has 0 aliphatic rings. The molecule has 0 aromatic heterocycles. The van der Waals surface area contributed by atoms with Gasteiger partial charge in [0.1, 0.15) is 0 Å². The fourth-order valence-electron chi connectivity index (χ4n) is 1.27. The maximum Gasteiger partial charge on any atom is 0.221 e. The normalized spacial score (nSPS) is 11.9. The first-order chi connectivity index (χ1) is 7.13. The molecule has 1 amide bonds. The van der Waals surface area contributed by atoms with Crippen molar-refractivity contribution in [2.24, 2.45) is 0 Å². The molecule has 0 fully saturated rings. The molecule has 1 atom stereocenters. The van der Waals surface area contributed by atoms with Crippen LogP contribution in [0.3, 0.4) is 0 Å². The van der Waals surface area contributed by atoms with Crippen molar-refractivity contribution in [3.8, 4) is 0 Å². The van der Waals surface area contributed by atoms with E-state index >= 15 is 0 Å². The van der Waals surface area contributed by atoms with Gasteiger partial charge in [-0.3, -0.25) is 4.79 Å². The lowest BCUT2D eigenvalue weighted by atomic mass is 10.2. The molecule has 0 aliphatic carbocycles. The fourth-order valence-corrected chi connectivity index (χ4v) is 1.47. The predicted octanol–water partition coefficient (Wildman–Crippen LogP) is 2.28. The molecule has 0 saturated heterocycles. The first-order valence-corrected chi connectivity index (χ1v) is 5.23. The molecule has 0 heterocycles. The smallest absolute Gasteiger partial charge is 0.221 e. The Morgan fingerprint density at radius 2 is 2.13 bits per heavy atom. The summed E-state index contributed by atoms with van der Waals surface area (Å²) in [6.45, 7) is 1.94. The Hall–Kier alpha value is -1.22. The second-order valence-electron chi connectivity index (χ2n) is 3.40. The fraction of sp³-hybridized carbons (Fsp3) is 0.364. The Bertz CT molecular complexity index is 341. The van der Waals surface area contributed by atoms with E-state index in [0.29, 0.717) is 11.4 Å². The van der Waals surface area contributed by atoms with Gasteiger partial charge in [0.2, 0.25) is 5.91 Å².